The molecule has 0 saturated heterocycles. The Labute approximate surface area is 339 Å². The van der Waals surface area contributed by atoms with E-state index in [0.29, 0.717) is 22.8 Å². The fourth-order valence-corrected chi connectivity index (χ4v) is 6.94. The number of ketones is 1. The van der Waals surface area contributed by atoms with Crippen LogP contribution in [0.1, 0.15) is 34.7 Å². The summed E-state index contributed by atoms with van der Waals surface area (Å²) >= 11 is 0. The maximum Gasteiger partial charge on any atom is 0.471 e. The van der Waals surface area contributed by atoms with Crippen molar-refractivity contribution in [2.75, 3.05) is 10.2 Å². The third kappa shape index (κ3) is 8.26. The number of benzene rings is 5. The van der Waals surface area contributed by atoms with E-state index in [1.165, 1.54) is 19.1 Å². The number of nitrogens with one attached hydrogen (secondary N) is 2. The fourth-order valence-electron chi connectivity index (χ4n) is 6.94. The molecular weight excluding hydrogens is 754 g/mol. The van der Waals surface area contributed by atoms with E-state index in [9.17, 15) is 32.7 Å². The summed E-state index contributed by atoms with van der Waals surface area (Å²) in [5, 5.41) is 16.4. The highest BCUT2D eigenvalue weighted by atomic mass is 19.4. The summed E-state index contributed by atoms with van der Waals surface area (Å²) in [6, 6.07) is 35.9. The second-order valence-corrected chi connectivity index (χ2v) is 14.5. The van der Waals surface area contributed by atoms with Gasteiger partial charge in [-0.05, 0) is 76.2 Å². The van der Waals surface area contributed by atoms with Crippen LogP contribution in [0, 0.1) is 27.7 Å². The molecule has 0 bridgehead atoms. The van der Waals surface area contributed by atoms with Crippen LogP contribution in [0.25, 0.3) is 5.57 Å². The van der Waals surface area contributed by atoms with Gasteiger partial charge >= 0.3 is 12.1 Å². The van der Waals surface area contributed by atoms with Gasteiger partial charge in [0.1, 0.15) is 5.76 Å². The Bertz CT molecular complexity index is 2580. The summed E-state index contributed by atoms with van der Waals surface area (Å²) in [6.07, 6.45) is -0.910. The first-order valence-corrected chi connectivity index (χ1v) is 18.8. The van der Waals surface area contributed by atoms with Crippen molar-refractivity contribution < 1.29 is 32.7 Å². The van der Waals surface area contributed by atoms with Gasteiger partial charge in [0.25, 0.3) is 0 Å². The molecule has 0 unspecified atom stereocenters. The van der Waals surface area contributed by atoms with Crippen molar-refractivity contribution in [2.24, 2.45) is 0 Å². The molecular formula is C48H40F3N4O4+. The number of hydrogen-bond acceptors (Lipinski definition) is 5. The van der Waals surface area contributed by atoms with Gasteiger partial charge in [-0.1, -0.05) is 70.8 Å². The fraction of sp³-hybridized carbons (Fsp3) is 0.125. The predicted octanol–water partition coefficient (Wildman–Crippen LogP) is 10.6. The molecule has 11 heteroatoms. The van der Waals surface area contributed by atoms with E-state index in [1.54, 1.807) is 28.9 Å². The van der Waals surface area contributed by atoms with Crippen molar-refractivity contribution in [3.05, 3.63) is 184 Å². The zero-order chi connectivity index (χ0) is 42.2. The third-order valence-electron chi connectivity index (χ3n) is 9.97. The normalized spacial score (nSPS) is 15.1. The Hall–Kier alpha value is -7.27. The van der Waals surface area contributed by atoms with E-state index in [4.69, 9.17) is 0 Å². The SMILES string of the molecule is CC(=O)Nc1cc(N(c2ccc(C)cc2)c2ccc(C)cc2)ccc1C1=C(O)C(=C2C=CC(=[N+](c3ccc(C)cc3)c3ccc(C)cc3)C=C2NC(=O)C(F)(F)F)C1=O. The van der Waals surface area contributed by atoms with E-state index >= 15 is 0 Å². The zero-order valence-electron chi connectivity index (χ0n) is 32.9. The second-order valence-electron chi connectivity index (χ2n) is 14.5. The number of carbonyl (C=O) groups excluding carboxylic acids is 3. The van der Waals surface area contributed by atoms with Gasteiger partial charge in [0.15, 0.2) is 0 Å². The lowest BCUT2D eigenvalue weighted by molar-refractivity contribution is -0.172. The largest absolute Gasteiger partial charge is 0.506 e. The molecule has 0 radical (unpaired) electrons. The molecule has 2 aliphatic carbocycles. The van der Waals surface area contributed by atoms with E-state index < -0.39 is 29.5 Å². The molecule has 0 atom stereocenters. The van der Waals surface area contributed by atoms with Crippen LogP contribution in [-0.2, 0) is 14.4 Å². The number of hydrogen-bond donors (Lipinski definition) is 3. The molecule has 0 aliphatic heterocycles. The van der Waals surface area contributed by atoms with Crippen molar-refractivity contribution in [2.45, 2.75) is 40.8 Å². The van der Waals surface area contributed by atoms with Crippen molar-refractivity contribution in [3.8, 4) is 0 Å². The molecule has 0 saturated carbocycles. The highest BCUT2D eigenvalue weighted by molar-refractivity contribution is 6.40. The Morgan fingerprint density at radius 1 is 0.644 bits per heavy atom. The molecule has 2 aliphatic rings. The Kier molecular flexibility index (Phi) is 10.8. The molecule has 7 rings (SSSR count). The molecule has 0 spiro atoms. The number of carbonyl (C=O) groups is 3. The van der Waals surface area contributed by atoms with Gasteiger partial charge in [-0.3, -0.25) is 14.4 Å². The Morgan fingerprint density at radius 3 is 1.58 bits per heavy atom. The molecule has 296 valence electrons. The van der Waals surface area contributed by atoms with Crippen LogP contribution in [0.4, 0.5) is 47.3 Å². The average Bonchev–Trinajstić information content (AvgIpc) is 3.19. The molecule has 0 heterocycles. The second kappa shape index (κ2) is 15.9. The van der Waals surface area contributed by atoms with Crippen LogP contribution < -0.4 is 20.1 Å². The minimum absolute atomic E-state index is 0.118. The van der Waals surface area contributed by atoms with Gasteiger partial charge in [0.2, 0.25) is 28.8 Å². The van der Waals surface area contributed by atoms with Crippen LogP contribution in [-0.4, -0.2) is 34.6 Å². The predicted molar refractivity (Wildman–Crippen MR) is 227 cm³/mol. The molecule has 5 aromatic carbocycles. The number of amides is 2. The number of Topliss-reactive ketones (excluding diaryl/α,β-unsaturated/α-hetero) is 1. The highest BCUT2D eigenvalue weighted by Gasteiger charge is 2.43. The Balaban J connectivity index is 1.37. The quantitative estimate of drug-likeness (QED) is 0.107. The summed E-state index contributed by atoms with van der Waals surface area (Å²) < 4.78 is 43.1. The van der Waals surface area contributed by atoms with Crippen molar-refractivity contribution in [1.82, 2.24) is 9.89 Å². The molecule has 5 aromatic rings. The van der Waals surface area contributed by atoms with Crippen LogP contribution in [0.15, 0.2) is 156 Å². The lowest BCUT2D eigenvalue weighted by Crippen LogP contribution is -2.38. The average molecular weight is 794 g/mol. The summed E-state index contributed by atoms with van der Waals surface area (Å²) in [5.41, 5.74) is 7.71. The number of alkyl halides is 3. The topological polar surface area (TPSA) is 102 Å². The number of allylic oxidation sites excluding steroid dienone is 5. The maximum atomic E-state index is 14.2. The number of nitrogens with zero attached hydrogens (tertiary/aromatic N) is 2. The van der Waals surface area contributed by atoms with Gasteiger partial charge < -0.3 is 20.6 Å². The summed E-state index contributed by atoms with van der Waals surface area (Å²) in [5.74, 6) is -3.89. The van der Waals surface area contributed by atoms with Crippen molar-refractivity contribution in [1.29, 1.82) is 0 Å². The standard InChI is InChI=1S/C48H39F3N4O4/c1-28-6-14-33(15-7-28)54(34-16-8-29(2)9-17-34)37-22-24-39(41(26-37)52-32(5)56)43-45(57)44(46(43)58)40-25-23-38(27-42(40)53-47(59)48(49,50)51)55(35-18-10-30(3)11-19-35)36-20-12-31(4)13-21-36/h6-27H,1-5H3,(H2,52,53,56,57,58,59)/p+1. The third-order valence-corrected chi connectivity index (χ3v) is 9.97. The molecule has 0 fully saturated rings. The van der Waals surface area contributed by atoms with Crippen LogP contribution in [0.2, 0.25) is 0 Å². The van der Waals surface area contributed by atoms with Gasteiger partial charge in [-0.25, -0.2) is 0 Å². The van der Waals surface area contributed by atoms with E-state index in [-0.39, 0.29) is 33.7 Å². The van der Waals surface area contributed by atoms with E-state index in [0.717, 1.165) is 33.6 Å². The summed E-state index contributed by atoms with van der Waals surface area (Å²) in [7, 11) is 0. The van der Waals surface area contributed by atoms with Gasteiger partial charge in [0.05, 0.1) is 22.5 Å². The van der Waals surface area contributed by atoms with E-state index in [1.807, 2.05) is 135 Å². The number of aliphatic hydroxyl groups excluding tert-OH is 1. The van der Waals surface area contributed by atoms with E-state index in [2.05, 4.69) is 5.32 Å². The number of halogens is 3. The van der Waals surface area contributed by atoms with Gasteiger partial charge in [-0.2, -0.15) is 17.7 Å². The minimum Gasteiger partial charge on any atom is -0.506 e. The van der Waals surface area contributed by atoms with Crippen molar-refractivity contribution >= 4 is 63.0 Å². The summed E-state index contributed by atoms with van der Waals surface area (Å²) in [6.45, 7) is 9.14. The maximum absolute atomic E-state index is 14.2. The number of aliphatic hydroxyl groups is 1. The van der Waals surface area contributed by atoms with Crippen LogP contribution >= 0.6 is 0 Å². The molecule has 0 aromatic heterocycles. The lowest BCUT2D eigenvalue weighted by atomic mass is 9.78. The zero-order valence-corrected chi connectivity index (χ0v) is 32.9. The molecule has 2 amide bonds. The molecule has 3 N–H and O–H groups in total. The minimum atomic E-state index is -5.25. The van der Waals surface area contributed by atoms with Gasteiger partial charge in [0, 0.05) is 71.5 Å². The first-order chi connectivity index (χ1) is 28.1. The smallest absolute Gasteiger partial charge is 0.471 e. The first kappa shape index (κ1) is 39.9. The lowest BCUT2D eigenvalue weighted by Gasteiger charge is -2.29. The van der Waals surface area contributed by atoms with Crippen LogP contribution in [0.5, 0.6) is 0 Å². The van der Waals surface area contributed by atoms with Gasteiger partial charge in [-0.15, -0.1) is 0 Å². The molecule has 8 nitrogen and oxygen atoms in total. The first-order valence-electron chi connectivity index (χ1n) is 18.8. The number of rotatable bonds is 8. The van der Waals surface area contributed by atoms with Crippen molar-refractivity contribution in [3.63, 3.8) is 0 Å². The number of aryl methyl sites for hydroxylation is 4. The summed E-state index contributed by atoms with van der Waals surface area (Å²) in [4.78, 5) is 41.2. The van der Waals surface area contributed by atoms with Crippen LogP contribution in [0.3, 0.4) is 0 Å². The molecule has 59 heavy (non-hydrogen) atoms. The number of anilines is 4. The highest BCUT2D eigenvalue weighted by Crippen LogP contribution is 2.45. The monoisotopic (exact) mass is 793 g/mol. The Morgan fingerprint density at radius 2 is 1.12 bits per heavy atom.